The molecule has 1 amide bonds. The van der Waals surface area contributed by atoms with E-state index in [9.17, 15) is 13.2 Å². The number of morpholine rings is 1. The van der Waals surface area contributed by atoms with Gasteiger partial charge in [-0.1, -0.05) is 0 Å². The summed E-state index contributed by atoms with van der Waals surface area (Å²) < 4.78 is 36.7. The fourth-order valence-corrected chi connectivity index (χ4v) is 3.51. The van der Waals surface area contributed by atoms with E-state index in [4.69, 9.17) is 9.47 Å². The molecule has 0 aromatic heterocycles. The predicted molar refractivity (Wildman–Crippen MR) is 76.9 cm³/mol. The summed E-state index contributed by atoms with van der Waals surface area (Å²) in [6.07, 6.45) is 0. The molecule has 0 radical (unpaired) electrons. The molecular formula is C13H18N2O5S. The number of nitrogens with zero attached hydrogens (tertiary/aromatic N) is 1. The second-order valence-corrected chi connectivity index (χ2v) is 6.50. The van der Waals surface area contributed by atoms with Crippen molar-refractivity contribution in [1.29, 1.82) is 0 Å². The molecule has 21 heavy (non-hydrogen) atoms. The maximum Gasteiger partial charge on any atom is 0.243 e. The molecular weight excluding hydrogens is 296 g/mol. The van der Waals surface area contributed by atoms with Gasteiger partial charge >= 0.3 is 0 Å². The molecule has 2 rings (SSSR count). The van der Waals surface area contributed by atoms with Crippen molar-refractivity contribution in [2.75, 3.05) is 38.7 Å². The van der Waals surface area contributed by atoms with E-state index in [1.54, 1.807) is 0 Å². The van der Waals surface area contributed by atoms with Crippen LogP contribution in [0, 0.1) is 0 Å². The Morgan fingerprint density at radius 1 is 1.33 bits per heavy atom. The van der Waals surface area contributed by atoms with Gasteiger partial charge in [-0.3, -0.25) is 4.79 Å². The molecule has 1 heterocycles. The maximum atomic E-state index is 12.5. The van der Waals surface area contributed by atoms with Crippen LogP contribution >= 0.6 is 0 Å². The number of nitrogens with one attached hydrogen (secondary N) is 1. The fourth-order valence-electron chi connectivity index (χ4n) is 2.07. The van der Waals surface area contributed by atoms with E-state index in [0.29, 0.717) is 37.7 Å². The zero-order chi connectivity index (χ0) is 15.5. The molecule has 1 aromatic rings. The summed E-state index contributed by atoms with van der Waals surface area (Å²) in [6.45, 7) is 2.76. The Kier molecular flexibility index (Phi) is 4.81. The van der Waals surface area contributed by atoms with Gasteiger partial charge in [0.1, 0.15) is 5.75 Å². The van der Waals surface area contributed by atoms with Gasteiger partial charge in [0.25, 0.3) is 0 Å². The van der Waals surface area contributed by atoms with Crippen molar-refractivity contribution in [3.63, 3.8) is 0 Å². The van der Waals surface area contributed by atoms with Gasteiger partial charge < -0.3 is 14.8 Å². The lowest BCUT2D eigenvalue weighted by Gasteiger charge is -2.26. The second kappa shape index (κ2) is 6.42. The number of hydrogen-bond acceptors (Lipinski definition) is 5. The number of rotatable bonds is 4. The normalized spacial score (nSPS) is 16.5. The SMILES string of the molecule is COc1ccc(S(=O)(=O)N2CCOCC2)cc1NC(C)=O. The van der Waals surface area contributed by atoms with Crippen LogP contribution in [0.1, 0.15) is 6.92 Å². The summed E-state index contributed by atoms with van der Waals surface area (Å²) in [5.74, 6) is 0.111. The zero-order valence-corrected chi connectivity index (χ0v) is 12.8. The number of sulfonamides is 1. The van der Waals surface area contributed by atoms with Crippen molar-refractivity contribution < 1.29 is 22.7 Å². The third-order valence-electron chi connectivity index (χ3n) is 3.09. The largest absolute Gasteiger partial charge is 0.495 e. The monoisotopic (exact) mass is 314 g/mol. The van der Waals surface area contributed by atoms with Crippen molar-refractivity contribution in [2.24, 2.45) is 0 Å². The van der Waals surface area contributed by atoms with Crippen LogP contribution in [0.4, 0.5) is 5.69 Å². The molecule has 1 saturated heterocycles. The predicted octanol–water partition coefficient (Wildman–Crippen LogP) is 0.674. The van der Waals surface area contributed by atoms with Crippen molar-refractivity contribution in [3.8, 4) is 5.75 Å². The van der Waals surface area contributed by atoms with Gasteiger partial charge in [0.05, 0.1) is 30.9 Å². The molecule has 0 atom stereocenters. The van der Waals surface area contributed by atoms with Crippen LogP contribution in [0.2, 0.25) is 0 Å². The quantitative estimate of drug-likeness (QED) is 0.883. The molecule has 1 N–H and O–H groups in total. The highest BCUT2D eigenvalue weighted by molar-refractivity contribution is 7.89. The van der Waals surface area contributed by atoms with Crippen molar-refractivity contribution in [3.05, 3.63) is 18.2 Å². The third kappa shape index (κ3) is 3.52. The number of benzene rings is 1. The van der Waals surface area contributed by atoms with E-state index in [0.717, 1.165) is 0 Å². The number of carbonyl (C=O) groups excluding carboxylic acids is 1. The molecule has 0 aliphatic carbocycles. The van der Waals surface area contributed by atoms with Gasteiger partial charge in [0.2, 0.25) is 15.9 Å². The molecule has 7 nitrogen and oxygen atoms in total. The summed E-state index contributed by atoms with van der Waals surface area (Å²) in [4.78, 5) is 11.3. The van der Waals surface area contributed by atoms with Crippen LogP contribution in [-0.2, 0) is 19.6 Å². The number of methoxy groups -OCH3 is 1. The number of carbonyl (C=O) groups is 1. The van der Waals surface area contributed by atoms with E-state index in [-0.39, 0.29) is 10.8 Å². The topological polar surface area (TPSA) is 84.9 Å². The Labute approximate surface area is 123 Å². The van der Waals surface area contributed by atoms with Gasteiger partial charge in [-0.2, -0.15) is 4.31 Å². The summed E-state index contributed by atoms with van der Waals surface area (Å²) in [5.41, 5.74) is 0.333. The smallest absolute Gasteiger partial charge is 0.243 e. The number of hydrogen-bond donors (Lipinski definition) is 1. The third-order valence-corrected chi connectivity index (χ3v) is 4.98. The molecule has 0 bridgehead atoms. The minimum Gasteiger partial charge on any atom is -0.495 e. The molecule has 0 unspecified atom stereocenters. The summed E-state index contributed by atoms with van der Waals surface area (Å²) in [6, 6.07) is 4.40. The molecule has 1 aromatic carbocycles. The Balaban J connectivity index is 2.36. The average molecular weight is 314 g/mol. The standard InChI is InChI=1S/C13H18N2O5S/c1-10(16)14-12-9-11(3-4-13(12)19-2)21(17,18)15-5-7-20-8-6-15/h3-4,9H,5-8H2,1-2H3,(H,14,16). The first-order valence-corrected chi connectivity index (χ1v) is 7.92. The van der Waals surface area contributed by atoms with Crippen molar-refractivity contribution in [2.45, 2.75) is 11.8 Å². The van der Waals surface area contributed by atoms with Gasteiger partial charge in [0.15, 0.2) is 0 Å². The molecule has 0 spiro atoms. The lowest BCUT2D eigenvalue weighted by molar-refractivity contribution is -0.114. The lowest BCUT2D eigenvalue weighted by Crippen LogP contribution is -2.40. The van der Waals surface area contributed by atoms with E-state index in [2.05, 4.69) is 5.32 Å². The molecule has 1 aliphatic rings. The summed E-state index contributed by atoms with van der Waals surface area (Å²) in [7, 11) is -2.14. The minimum absolute atomic E-state index is 0.119. The molecule has 0 saturated carbocycles. The fraction of sp³-hybridized carbons (Fsp3) is 0.462. The summed E-state index contributed by atoms with van der Waals surface area (Å²) >= 11 is 0. The van der Waals surface area contributed by atoms with Crippen LogP contribution < -0.4 is 10.1 Å². The molecule has 8 heteroatoms. The Bertz CT molecular complexity index is 623. The molecule has 116 valence electrons. The first-order valence-electron chi connectivity index (χ1n) is 6.48. The number of amides is 1. The van der Waals surface area contributed by atoms with Crippen LogP contribution in [0.15, 0.2) is 23.1 Å². The van der Waals surface area contributed by atoms with Crippen LogP contribution in [0.3, 0.4) is 0 Å². The van der Waals surface area contributed by atoms with Crippen LogP contribution in [0.5, 0.6) is 5.75 Å². The van der Waals surface area contributed by atoms with Gasteiger partial charge in [0, 0.05) is 20.0 Å². The molecule has 1 fully saturated rings. The highest BCUT2D eigenvalue weighted by atomic mass is 32.2. The first kappa shape index (κ1) is 15.7. The van der Waals surface area contributed by atoms with Gasteiger partial charge in [-0.25, -0.2) is 8.42 Å². The van der Waals surface area contributed by atoms with Gasteiger partial charge in [-0.05, 0) is 18.2 Å². The highest BCUT2D eigenvalue weighted by Crippen LogP contribution is 2.29. The van der Waals surface area contributed by atoms with Crippen LogP contribution in [0.25, 0.3) is 0 Å². The highest BCUT2D eigenvalue weighted by Gasteiger charge is 2.27. The number of ether oxygens (including phenoxy) is 2. The van der Waals surface area contributed by atoms with Gasteiger partial charge in [-0.15, -0.1) is 0 Å². The van der Waals surface area contributed by atoms with E-state index in [1.165, 1.54) is 36.5 Å². The van der Waals surface area contributed by atoms with E-state index in [1.807, 2.05) is 0 Å². The molecule has 1 aliphatic heterocycles. The number of anilines is 1. The minimum atomic E-state index is -3.60. The summed E-state index contributed by atoms with van der Waals surface area (Å²) in [5, 5.41) is 2.57. The van der Waals surface area contributed by atoms with Crippen molar-refractivity contribution in [1.82, 2.24) is 4.31 Å². The van der Waals surface area contributed by atoms with E-state index < -0.39 is 10.0 Å². The maximum absolute atomic E-state index is 12.5. The van der Waals surface area contributed by atoms with E-state index >= 15 is 0 Å². The zero-order valence-electron chi connectivity index (χ0n) is 12.0. The second-order valence-electron chi connectivity index (χ2n) is 4.56. The Hall–Kier alpha value is -1.64. The Morgan fingerprint density at radius 2 is 2.00 bits per heavy atom. The van der Waals surface area contributed by atoms with Crippen LogP contribution in [-0.4, -0.2) is 52.0 Å². The average Bonchev–Trinajstić information content (AvgIpc) is 2.47. The Morgan fingerprint density at radius 3 is 2.57 bits per heavy atom. The lowest BCUT2D eigenvalue weighted by atomic mass is 10.3. The van der Waals surface area contributed by atoms with Crippen molar-refractivity contribution >= 4 is 21.6 Å². The first-order chi connectivity index (χ1) is 9.95.